The Morgan fingerprint density at radius 1 is 1.10 bits per heavy atom. The lowest BCUT2D eigenvalue weighted by Gasteiger charge is -2.19. The zero-order valence-corrected chi connectivity index (χ0v) is 18.4. The standard InChI is InChI=1S/C23H27N3O2S/c1-6-14-26(21(27)17-8-7-9-19(15-17)28-5)22-25-24-20(29-22)16-10-12-18(13-11-16)23(2,3)4/h7-13,15H,6,14H2,1-5H3. The molecule has 29 heavy (non-hydrogen) atoms. The van der Waals surface area contributed by atoms with Gasteiger partial charge in [0, 0.05) is 17.7 Å². The summed E-state index contributed by atoms with van der Waals surface area (Å²) in [6.45, 7) is 9.19. The van der Waals surface area contributed by atoms with Crippen LogP contribution in [0, 0.1) is 0 Å². The molecule has 0 saturated heterocycles. The highest BCUT2D eigenvalue weighted by molar-refractivity contribution is 7.18. The Labute approximate surface area is 176 Å². The molecule has 3 aromatic rings. The highest BCUT2D eigenvalue weighted by atomic mass is 32.1. The minimum Gasteiger partial charge on any atom is -0.497 e. The second-order valence-electron chi connectivity index (χ2n) is 7.91. The van der Waals surface area contributed by atoms with E-state index in [-0.39, 0.29) is 11.3 Å². The highest BCUT2D eigenvalue weighted by Gasteiger charge is 2.22. The van der Waals surface area contributed by atoms with Crippen LogP contribution in [0.25, 0.3) is 10.6 Å². The van der Waals surface area contributed by atoms with Crippen molar-refractivity contribution >= 4 is 22.4 Å². The fourth-order valence-electron chi connectivity index (χ4n) is 2.97. The number of methoxy groups -OCH3 is 1. The molecule has 5 nitrogen and oxygen atoms in total. The van der Waals surface area contributed by atoms with Crippen molar-refractivity contribution in [2.45, 2.75) is 39.5 Å². The lowest BCUT2D eigenvalue weighted by Crippen LogP contribution is -2.31. The van der Waals surface area contributed by atoms with Gasteiger partial charge < -0.3 is 4.74 Å². The summed E-state index contributed by atoms with van der Waals surface area (Å²) in [7, 11) is 1.59. The predicted molar refractivity (Wildman–Crippen MR) is 119 cm³/mol. The van der Waals surface area contributed by atoms with Crippen molar-refractivity contribution in [1.82, 2.24) is 10.2 Å². The number of benzene rings is 2. The molecule has 3 rings (SSSR count). The summed E-state index contributed by atoms with van der Waals surface area (Å²) in [5.41, 5.74) is 2.95. The number of amides is 1. The van der Waals surface area contributed by atoms with Crippen molar-refractivity contribution in [2.24, 2.45) is 0 Å². The first-order valence-electron chi connectivity index (χ1n) is 9.74. The Kier molecular flexibility index (Phi) is 6.33. The van der Waals surface area contributed by atoms with Crippen LogP contribution in [0.15, 0.2) is 48.5 Å². The van der Waals surface area contributed by atoms with E-state index in [4.69, 9.17) is 4.74 Å². The van der Waals surface area contributed by atoms with Gasteiger partial charge in [0.2, 0.25) is 5.13 Å². The first-order valence-corrected chi connectivity index (χ1v) is 10.6. The van der Waals surface area contributed by atoms with Crippen LogP contribution in [-0.4, -0.2) is 29.8 Å². The monoisotopic (exact) mass is 409 g/mol. The topological polar surface area (TPSA) is 55.3 Å². The van der Waals surface area contributed by atoms with E-state index in [1.807, 2.05) is 19.1 Å². The molecular formula is C23H27N3O2S. The normalized spacial score (nSPS) is 11.3. The molecule has 1 amide bonds. The van der Waals surface area contributed by atoms with Gasteiger partial charge in [-0.15, -0.1) is 10.2 Å². The van der Waals surface area contributed by atoms with E-state index in [1.165, 1.54) is 16.9 Å². The van der Waals surface area contributed by atoms with Crippen molar-refractivity contribution in [3.05, 3.63) is 59.7 Å². The van der Waals surface area contributed by atoms with Gasteiger partial charge in [-0.3, -0.25) is 9.69 Å². The number of carbonyl (C=O) groups is 1. The van der Waals surface area contributed by atoms with Gasteiger partial charge in [-0.2, -0.15) is 0 Å². The van der Waals surface area contributed by atoms with Gasteiger partial charge in [-0.05, 0) is 35.6 Å². The lowest BCUT2D eigenvalue weighted by molar-refractivity contribution is 0.0986. The highest BCUT2D eigenvalue weighted by Crippen LogP contribution is 2.31. The van der Waals surface area contributed by atoms with Gasteiger partial charge in [0.05, 0.1) is 7.11 Å². The number of aromatic nitrogens is 2. The Bertz CT molecular complexity index is 974. The average molecular weight is 410 g/mol. The molecule has 2 aromatic carbocycles. The molecule has 0 bridgehead atoms. The van der Waals surface area contributed by atoms with Crippen molar-refractivity contribution in [3.63, 3.8) is 0 Å². The van der Waals surface area contributed by atoms with Gasteiger partial charge in [0.15, 0.2) is 0 Å². The van der Waals surface area contributed by atoms with Gasteiger partial charge in [0.25, 0.3) is 5.91 Å². The van der Waals surface area contributed by atoms with Gasteiger partial charge in [-0.1, -0.05) is 69.4 Å². The largest absolute Gasteiger partial charge is 0.497 e. The Morgan fingerprint density at radius 3 is 2.45 bits per heavy atom. The van der Waals surface area contributed by atoms with Crippen LogP contribution < -0.4 is 9.64 Å². The smallest absolute Gasteiger partial charge is 0.260 e. The molecule has 0 spiro atoms. The van der Waals surface area contributed by atoms with E-state index >= 15 is 0 Å². The van der Waals surface area contributed by atoms with Crippen LogP contribution in [0.4, 0.5) is 5.13 Å². The average Bonchev–Trinajstić information content (AvgIpc) is 3.21. The van der Waals surface area contributed by atoms with Crippen molar-refractivity contribution in [2.75, 3.05) is 18.6 Å². The van der Waals surface area contributed by atoms with Crippen LogP contribution in [0.3, 0.4) is 0 Å². The molecule has 0 N–H and O–H groups in total. The lowest BCUT2D eigenvalue weighted by atomic mass is 9.87. The molecule has 0 atom stereocenters. The molecule has 0 radical (unpaired) electrons. The second-order valence-corrected chi connectivity index (χ2v) is 8.86. The summed E-state index contributed by atoms with van der Waals surface area (Å²) >= 11 is 1.43. The fraction of sp³-hybridized carbons (Fsp3) is 0.348. The van der Waals surface area contributed by atoms with Crippen LogP contribution in [0.1, 0.15) is 50.0 Å². The molecule has 0 saturated carbocycles. The van der Waals surface area contributed by atoms with Crippen molar-refractivity contribution in [1.29, 1.82) is 0 Å². The Balaban J connectivity index is 1.88. The first kappa shape index (κ1) is 21.0. The number of hydrogen-bond acceptors (Lipinski definition) is 5. The Hall–Kier alpha value is -2.73. The molecule has 152 valence electrons. The maximum atomic E-state index is 13.1. The maximum absolute atomic E-state index is 13.1. The van der Waals surface area contributed by atoms with E-state index in [1.54, 1.807) is 24.1 Å². The molecule has 0 aliphatic rings. The van der Waals surface area contributed by atoms with Crippen molar-refractivity contribution in [3.8, 4) is 16.3 Å². The van der Waals surface area contributed by atoms with Crippen LogP contribution in [0.2, 0.25) is 0 Å². The molecule has 1 aromatic heterocycles. The van der Waals surface area contributed by atoms with E-state index in [0.717, 1.165) is 17.0 Å². The summed E-state index contributed by atoms with van der Waals surface area (Å²) in [6, 6.07) is 15.6. The molecular weight excluding hydrogens is 382 g/mol. The molecule has 0 aliphatic heterocycles. The number of ether oxygens (including phenoxy) is 1. The van der Waals surface area contributed by atoms with Crippen LogP contribution >= 0.6 is 11.3 Å². The number of rotatable bonds is 6. The summed E-state index contributed by atoms with van der Waals surface area (Å²) in [5.74, 6) is 0.556. The third-order valence-corrected chi connectivity index (χ3v) is 5.65. The summed E-state index contributed by atoms with van der Waals surface area (Å²) < 4.78 is 5.25. The van der Waals surface area contributed by atoms with Crippen molar-refractivity contribution < 1.29 is 9.53 Å². The Morgan fingerprint density at radius 2 is 1.83 bits per heavy atom. The van der Waals surface area contributed by atoms with Gasteiger partial charge >= 0.3 is 0 Å². The fourth-order valence-corrected chi connectivity index (χ4v) is 3.85. The molecule has 0 fully saturated rings. The predicted octanol–water partition coefficient (Wildman–Crippen LogP) is 5.57. The molecule has 0 aliphatic carbocycles. The maximum Gasteiger partial charge on any atom is 0.260 e. The van der Waals surface area contributed by atoms with E-state index in [0.29, 0.717) is 23.0 Å². The van der Waals surface area contributed by atoms with E-state index in [2.05, 4.69) is 55.2 Å². The summed E-state index contributed by atoms with van der Waals surface area (Å²) in [4.78, 5) is 14.8. The number of carbonyl (C=O) groups excluding carboxylic acids is 1. The third-order valence-electron chi connectivity index (χ3n) is 4.65. The minimum absolute atomic E-state index is 0.100. The molecule has 0 unspecified atom stereocenters. The summed E-state index contributed by atoms with van der Waals surface area (Å²) in [5, 5.41) is 10.1. The minimum atomic E-state index is -0.100. The van der Waals surface area contributed by atoms with E-state index < -0.39 is 0 Å². The first-order chi connectivity index (χ1) is 13.8. The quantitative estimate of drug-likeness (QED) is 0.534. The van der Waals surface area contributed by atoms with Crippen LogP contribution in [-0.2, 0) is 5.41 Å². The number of nitrogens with zero attached hydrogens (tertiary/aromatic N) is 3. The number of anilines is 1. The SMILES string of the molecule is CCCN(C(=O)c1cccc(OC)c1)c1nnc(-c2ccc(C(C)(C)C)cc2)s1. The van der Waals surface area contributed by atoms with Gasteiger partial charge in [-0.25, -0.2) is 0 Å². The molecule has 1 heterocycles. The van der Waals surface area contributed by atoms with Gasteiger partial charge in [0.1, 0.15) is 10.8 Å². The summed E-state index contributed by atoms with van der Waals surface area (Å²) in [6.07, 6.45) is 0.824. The van der Waals surface area contributed by atoms with E-state index in [9.17, 15) is 4.79 Å². The van der Waals surface area contributed by atoms with Crippen LogP contribution in [0.5, 0.6) is 5.75 Å². The zero-order chi connectivity index (χ0) is 21.0. The molecule has 6 heteroatoms. The zero-order valence-electron chi connectivity index (χ0n) is 17.6. The second kappa shape index (κ2) is 8.74. The number of hydrogen-bond donors (Lipinski definition) is 0. The third kappa shape index (κ3) is 4.82.